The van der Waals surface area contributed by atoms with Gasteiger partial charge in [-0.2, -0.15) is 0 Å². The molecule has 0 spiro atoms. The smallest absolute Gasteiger partial charge is 0.222 e. The van der Waals surface area contributed by atoms with Crippen molar-refractivity contribution in [3.8, 4) is 0 Å². The summed E-state index contributed by atoms with van der Waals surface area (Å²) in [5.41, 5.74) is 0. The number of nitrogens with zero attached hydrogens (tertiary/aromatic N) is 2. The average Bonchev–Trinajstić information content (AvgIpc) is 2.47. The van der Waals surface area contributed by atoms with Gasteiger partial charge in [-0.25, -0.2) is 0 Å². The molecule has 1 rings (SSSR count). The summed E-state index contributed by atoms with van der Waals surface area (Å²) >= 11 is 0. The monoisotopic (exact) mass is 282 g/mol. The number of carbonyl (C=O) groups excluding carboxylic acids is 1. The first kappa shape index (κ1) is 17.5. The van der Waals surface area contributed by atoms with Gasteiger partial charge in [-0.15, -0.1) is 0 Å². The summed E-state index contributed by atoms with van der Waals surface area (Å²) in [4.78, 5) is 16.8. The normalized spacial score (nSPS) is 16.3. The van der Waals surface area contributed by atoms with Crippen molar-refractivity contribution < 1.29 is 4.79 Å². The second kappa shape index (κ2) is 11.1. The second-order valence-electron chi connectivity index (χ2n) is 6.09. The SMILES string of the molecule is CCCCN(CCCCN1CCCCC1)C(=O)CCC. The molecular formula is C17H34N2O. The lowest BCUT2D eigenvalue weighted by molar-refractivity contribution is -0.131. The van der Waals surface area contributed by atoms with Crippen molar-refractivity contribution in [3.05, 3.63) is 0 Å². The molecule has 1 aliphatic rings. The summed E-state index contributed by atoms with van der Waals surface area (Å²) in [6.45, 7) is 10.0. The molecule has 0 aromatic carbocycles. The van der Waals surface area contributed by atoms with Crippen molar-refractivity contribution >= 4 is 5.91 Å². The van der Waals surface area contributed by atoms with Crippen LogP contribution in [0.15, 0.2) is 0 Å². The maximum atomic E-state index is 12.1. The van der Waals surface area contributed by atoms with E-state index in [0.717, 1.165) is 38.8 Å². The molecule has 0 aromatic rings. The molecule has 118 valence electrons. The lowest BCUT2D eigenvalue weighted by atomic mass is 10.1. The molecule has 0 atom stereocenters. The van der Waals surface area contributed by atoms with E-state index in [-0.39, 0.29) is 0 Å². The highest BCUT2D eigenvalue weighted by molar-refractivity contribution is 5.76. The first-order valence-corrected chi connectivity index (χ1v) is 8.78. The van der Waals surface area contributed by atoms with Gasteiger partial charge >= 0.3 is 0 Å². The maximum absolute atomic E-state index is 12.1. The van der Waals surface area contributed by atoms with E-state index in [4.69, 9.17) is 0 Å². The summed E-state index contributed by atoms with van der Waals surface area (Å²) in [7, 11) is 0. The fraction of sp³-hybridized carbons (Fsp3) is 0.941. The fourth-order valence-corrected chi connectivity index (χ4v) is 2.90. The first-order chi connectivity index (χ1) is 9.77. The molecule has 1 aliphatic heterocycles. The van der Waals surface area contributed by atoms with E-state index in [1.807, 2.05) is 0 Å². The largest absolute Gasteiger partial charge is 0.343 e. The average molecular weight is 282 g/mol. The number of unbranched alkanes of at least 4 members (excludes halogenated alkanes) is 2. The summed E-state index contributed by atoms with van der Waals surface area (Å²) in [5.74, 6) is 0.360. The zero-order valence-electron chi connectivity index (χ0n) is 13.7. The Bertz CT molecular complexity index is 249. The highest BCUT2D eigenvalue weighted by Gasteiger charge is 2.12. The molecule has 3 nitrogen and oxygen atoms in total. The van der Waals surface area contributed by atoms with Gasteiger partial charge in [0.15, 0.2) is 0 Å². The van der Waals surface area contributed by atoms with Gasteiger partial charge in [0.1, 0.15) is 0 Å². The molecule has 0 aromatic heterocycles. The molecule has 1 saturated heterocycles. The predicted molar refractivity (Wildman–Crippen MR) is 85.9 cm³/mol. The number of hydrogen-bond acceptors (Lipinski definition) is 2. The molecule has 0 bridgehead atoms. The third-order valence-corrected chi connectivity index (χ3v) is 4.20. The summed E-state index contributed by atoms with van der Waals surface area (Å²) in [6.07, 6.45) is 10.6. The van der Waals surface area contributed by atoms with Crippen molar-refractivity contribution in [2.24, 2.45) is 0 Å². The van der Waals surface area contributed by atoms with E-state index in [1.54, 1.807) is 0 Å². The zero-order chi connectivity index (χ0) is 14.6. The number of carbonyl (C=O) groups is 1. The minimum Gasteiger partial charge on any atom is -0.343 e. The van der Waals surface area contributed by atoms with Gasteiger partial charge in [-0.3, -0.25) is 4.79 Å². The van der Waals surface area contributed by atoms with Crippen LogP contribution in [-0.2, 0) is 4.79 Å². The van der Waals surface area contributed by atoms with Crippen LogP contribution in [0.1, 0.15) is 71.6 Å². The Morgan fingerprint density at radius 3 is 2.30 bits per heavy atom. The van der Waals surface area contributed by atoms with Crippen LogP contribution in [0.4, 0.5) is 0 Å². The molecule has 3 heteroatoms. The predicted octanol–water partition coefficient (Wildman–Crippen LogP) is 3.68. The van der Waals surface area contributed by atoms with Crippen LogP contribution >= 0.6 is 0 Å². The fourth-order valence-electron chi connectivity index (χ4n) is 2.90. The Hall–Kier alpha value is -0.570. The van der Waals surface area contributed by atoms with E-state index < -0.39 is 0 Å². The second-order valence-corrected chi connectivity index (χ2v) is 6.09. The van der Waals surface area contributed by atoms with Crippen LogP contribution in [0.3, 0.4) is 0 Å². The van der Waals surface area contributed by atoms with Crippen LogP contribution in [-0.4, -0.2) is 48.4 Å². The number of rotatable bonds is 10. The summed E-state index contributed by atoms with van der Waals surface area (Å²) in [6, 6.07) is 0. The Labute approximate surface area is 125 Å². The highest BCUT2D eigenvalue weighted by atomic mass is 16.2. The Kier molecular flexibility index (Phi) is 9.73. The van der Waals surface area contributed by atoms with Gasteiger partial charge in [0.05, 0.1) is 0 Å². The van der Waals surface area contributed by atoms with Crippen molar-refractivity contribution in [1.82, 2.24) is 9.80 Å². The van der Waals surface area contributed by atoms with E-state index in [1.165, 1.54) is 51.7 Å². The van der Waals surface area contributed by atoms with Crippen molar-refractivity contribution in [1.29, 1.82) is 0 Å². The molecule has 1 fully saturated rings. The molecule has 20 heavy (non-hydrogen) atoms. The Balaban J connectivity index is 2.17. The first-order valence-electron chi connectivity index (χ1n) is 8.78. The molecule has 0 N–H and O–H groups in total. The minimum atomic E-state index is 0.360. The van der Waals surface area contributed by atoms with Crippen LogP contribution in [0.2, 0.25) is 0 Å². The van der Waals surface area contributed by atoms with Crippen molar-refractivity contribution in [2.45, 2.75) is 71.6 Å². The third kappa shape index (κ3) is 7.28. The lowest BCUT2D eigenvalue weighted by Gasteiger charge is -2.27. The van der Waals surface area contributed by atoms with E-state index >= 15 is 0 Å². The third-order valence-electron chi connectivity index (χ3n) is 4.20. The van der Waals surface area contributed by atoms with Gasteiger partial charge < -0.3 is 9.80 Å². The van der Waals surface area contributed by atoms with Crippen LogP contribution in [0, 0.1) is 0 Å². The molecule has 0 radical (unpaired) electrons. The van der Waals surface area contributed by atoms with Crippen LogP contribution in [0.5, 0.6) is 0 Å². The summed E-state index contributed by atoms with van der Waals surface area (Å²) < 4.78 is 0. The highest BCUT2D eigenvalue weighted by Crippen LogP contribution is 2.10. The van der Waals surface area contributed by atoms with Gasteiger partial charge in [0.2, 0.25) is 5.91 Å². The van der Waals surface area contributed by atoms with Gasteiger partial charge in [0, 0.05) is 19.5 Å². The zero-order valence-corrected chi connectivity index (χ0v) is 13.7. The number of likely N-dealkylation sites (tertiary alicyclic amines) is 1. The molecular weight excluding hydrogens is 248 g/mol. The molecule has 1 amide bonds. The van der Waals surface area contributed by atoms with E-state index in [0.29, 0.717) is 5.91 Å². The number of piperidine rings is 1. The molecule has 0 aliphatic carbocycles. The topological polar surface area (TPSA) is 23.6 Å². The van der Waals surface area contributed by atoms with Gasteiger partial charge in [-0.05, 0) is 58.2 Å². The van der Waals surface area contributed by atoms with Crippen molar-refractivity contribution in [3.63, 3.8) is 0 Å². The molecule has 0 saturated carbocycles. The van der Waals surface area contributed by atoms with Crippen molar-refractivity contribution in [2.75, 3.05) is 32.7 Å². The Morgan fingerprint density at radius 2 is 1.65 bits per heavy atom. The number of amides is 1. The van der Waals surface area contributed by atoms with E-state index in [2.05, 4.69) is 23.6 Å². The minimum absolute atomic E-state index is 0.360. The Morgan fingerprint density at radius 1 is 0.950 bits per heavy atom. The maximum Gasteiger partial charge on any atom is 0.222 e. The van der Waals surface area contributed by atoms with Crippen LogP contribution in [0.25, 0.3) is 0 Å². The molecule has 1 heterocycles. The standard InChI is InChI=1S/C17H34N2O/c1-3-5-15-19(17(20)11-4-2)16-10-9-14-18-12-7-6-8-13-18/h3-16H2,1-2H3. The van der Waals surface area contributed by atoms with Crippen LogP contribution < -0.4 is 0 Å². The summed E-state index contributed by atoms with van der Waals surface area (Å²) in [5, 5.41) is 0. The van der Waals surface area contributed by atoms with Gasteiger partial charge in [0.25, 0.3) is 0 Å². The van der Waals surface area contributed by atoms with Gasteiger partial charge in [-0.1, -0.05) is 26.7 Å². The number of hydrogen-bond donors (Lipinski definition) is 0. The van der Waals surface area contributed by atoms with E-state index in [9.17, 15) is 4.79 Å². The quantitative estimate of drug-likeness (QED) is 0.571. The molecule has 0 unspecified atom stereocenters. The lowest BCUT2D eigenvalue weighted by Crippen LogP contribution is -2.34.